The molecule has 0 spiro atoms. The third-order valence-corrected chi connectivity index (χ3v) is 3.70. The van der Waals surface area contributed by atoms with Crippen molar-refractivity contribution in [1.29, 1.82) is 0 Å². The molecule has 19 heavy (non-hydrogen) atoms. The van der Waals surface area contributed by atoms with Crippen LogP contribution in [0.4, 0.5) is 0 Å². The number of halogens is 2. The van der Waals surface area contributed by atoms with Gasteiger partial charge in [-0.2, -0.15) is 0 Å². The van der Waals surface area contributed by atoms with Crippen LogP contribution in [0.2, 0.25) is 5.02 Å². The summed E-state index contributed by atoms with van der Waals surface area (Å²) in [5.41, 5.74) is 7.10. The van der Waals surface area contributed by atoms with Crippen molar-refractivity contribution in [3.8, 4) is 11.5 Å². The van der Waals surface area contributed by atoms with Crippen molar-refractivity contribution in [2.45, 2.75) is 19.4 Å². The molecule has 2 rings (SSSR count). The third kappa shape index (κ3) is 3.72. The molecule has 2 N–H and O–H groups in total. The van der Waals surface area contributed by atoms with Gasteiger partial charge in [-0.05, 0) is 58.2 Å². The van der Waals surface area contributed by atoms with E-state index in [2.05, 4.69) is 22.9 Å². The maximum atomic E-state index is 6.02. The quantitative estimate of drug-likeness (QED) is 0.819. The highest BCUT2D eigenvalue weighted by Gasteiger charge is 2.07. The summed E-state index contributed by atoms with van der Waals surface area (Å²) >= 11 is 9.33. The molecule has 0 heterocycles. The van der Waals surface area contributed by atoms with Crippen LogP contribution in [0.5, 0.6) is 11.5 Å². The smallest absolute Gasteiger partial charge is 0.141 e. The van der Waals surface area contributed by atoms with Crippen molar-refractivity contribution >= 4 is 27.5 Å². The molecule has 0 aromatic heterocycles. The van der Waals surface area contributed by atoms with E-state index < -0.39 is 0 Å². The van der Waals surface area contributed by atoms with Crippen molar-refractivity contribution in [3.05, 3.63) is 57.5 Å². The normalized spacial score (nSPS) is 12.2. The minimum absolute atomic E-state index is 0.0391. The topological polar surface area (TPSA) is 35.2 Å². The Bertz CT molecular complexity index is 574. The molecular formula is C15H15BrClNO. The van der Waals surface area contributed by atoms with E-state index in [0.717, 1.165) is 28.0 Å². The first-order valence-electron chi connectivity index (χ1n) is 6.08. The van der Waals surface area contributed by atoms with E-state index in [-0.39, 0.29) is 6.04 Å². The van der Waals surface area contributed by atoms with E-state index in [0.29, 0.717) is 5.02 Å². The van der Waals surface area contributed by atoms with Crippen molar-refractivity contribution in [1.82, 2.24) is 0 Å². The number of nitrogens with two attached hydrogens (primary N) is 1. The standard InChI is InChI=1S/C15H15BrClNO/c1-2-14(18)10-4-3-5-12(8-10)19-15-7-6-11(17)9-13(15)16/h3-9,14H,2,18H2,1H3. The molecule has 0 saturated heterocycles. The van der Waals surface area contributed by atoms with Crippen LogP contribution in [0, 0.1) is 0 Å². The molecule has 2 aromatic rings. The Hall–Kier alpha value is -1.03. The summed E-state index contributed by atoms with van der Waals surface area (Å²) in [5.74, 6) is 1.50. The summed E-state index contributed by atoms with van der Waals surface area (Å²) in [7, 11) is 0. The van der Waals surface area contributed by atoms with Crippen LogP contribution in [0.1, 0.15) is 24.9 Å². The van der Waals surface area contributed by atoms with E-state index in [1.165, 1.54) is 0 Å². The van der Waals surface area contributed by atoms with Crippen LogP contribution in [-0.4, -0.2) is 0 Å². The maximum absolute atomic E-state index is 6.02. The van der Waals surface area contributed by atoms with Gasteiger partial charge in [0.05, 0.1) is 4.47 Å². The van der Waals surface area contributed by atoms with Gasteiger partial charge in [-0.1, -0.05) is 30.7 Å². The first-order valence-corrected chi connectivity index (χ1v) is 7.25. The van der Waals surface area contributed by atoms with Crippen molar-refractivity contribution in [2.24, 2.45) is 5.73 Å². The second-order valence-corrected chi connectivity index (χ2v) is 5.55. The summed E-state index contributed by atoms with van der Waals surface area (Å²) in [6.07, 6.45) is 0.897. The largest absolute Gasteiger partial charge is 0.456 e. The number of benzene rings is 2. The fraction of sp³-hybridized carbons (Fsp3) is 0.200. The Morgan fingerprint density at radius 2 is 2.05 bits per heavy atom. The lowest BCUT2D eigenvalue weighted by Gasteiger charge is -2.12. The van der Waals surface area contributed by atoms with E-state index in [1.807, 2.05) is 30.3 Å². The van der Waals surface area contributed by atoms with Crippen LogP contribution >= 0.6 is 27.5 Å². The van der Waals surface area contributed by atoms with Gasteiger partial charge in [-0.3, -0.25) is 0 Å². The highest BCUT2D eigenvalue weighted by Crippen LogP contribution is 2.32. The van der Waals surface area contributed by atoms with Gasteiger partial charge in [0.1, 0.15) is 11.5 Å². The lowest BCUT2D eigenvalue weighted by atomic mass is 10.1. The molecule has 0 amide bonds. The Morgan fingerprint density at radius 3 is 2.74 bits per heavy atom. The molecule has 2 aromatic carbocycles. The van der Waals surface area contributed by atoms with E-state index >= 15 is 0 Å². The van der Waals surface area contributed by atoms with Crippen LogP contribution in [0.25, 0.3) is 0 Å². The second kappa shape index (κ2) is 6.42. The predicted octanol–water partition coefficient (Wildman–Crippen LogP) is 5.30. The fourth-order valence-corrected chi connectivity index (χ4v) is 2.49. The lowest BCUT2D eigenvalue weighted by molar-refractivity contribution is 0.478. The van der Waals surface area contributed by atoms with E-state index in [9.17, 15) is 0 Å². The summed E-state index contributed by atoms with van der Waals surface area (Å²) in [6.45, 7) is 2.06. The molecule has 4 heteroatoms. The van der Waals surface area contributed by atoms with Gasteiger partial charge in [0.2, 0.25) is 0 Å². The Labute approximate surface area is 126 Å². The summed E-state index contributed by atoms with van der Waals surface area (Å²) in [6, 6.07) is 13.3. The summed E-state index contributed by atoms with van der Waals surface area (Å²) in [4.78, 5) is 0. The average Bonchev–Trinajstić information content (AvgIpc) is 2.41. The van der Waals surface area contributed by atoms with E-state index in [4.69, 9.17) is 22.1 Å². The van der Waals surface area contributed by atoms with Crippen molar-refractivity contribution in [2.75, 3.05) is 0 Å². The van der Waals surface area contributed by atoms with Gasteiger partial charge in [-0.15, -0.1) is 0 Å². The van der Waals surface area contributed by atoms with Gasteiger partial charge in [0.25, 0.3) is 0 Å². The van der Waals surface area contributed by atoms with E-state index in [1.54, 1.807) is 12.1 Å². The SMILES string of the molecule is CCC(N)c1cccc(Oc2ccc(Cl)cc2Br)c1. The van der Waals surface area contributed by atoms with Gasteiger partial charge in [-0.25, -0.2) is 0 Å². The molecule has 1 unspecified atom stereocenters. The minimum Gasteiger partial charge on any atom is -0.456 e. The van der Waals surface area contributed by atoms with Gasteiger partial charge in [0, 0.05) is 11.1 Å². The fourth-order valence-electron chi connectivity index (χ4n) is 1.73. The maximum Gasteiger partial charge on any atom is 0.141 e. The first kappa shape index (κ1) is 14.4. The van der Waals surface area contributed by atoms with Crippen LogP contribution in [0.15, 0.2) is 46.9 Å². The molecule has 0 saturated carbocycles. The monoisotopic (exact) mass is 339 g/mol. The third-order valence-electron chi connectivity index (χ3n) is 2.85. The Balaban J connectivity index is 2.23. The number of ether oxygens (including phenoxy) is 1. The first-order chi connectivity index (χ1) is 9.10. The molecule has 0 aliphatic heterocycles. The Kier molecular flexibility index (Phi) is 4.86. The highest BCUT2D eigenvalue weighted by molar-refractivity contribution is 9.10. The van der Waals surface area contributed by atoms with Gasteiger partial charge < -0.3 is 10.5 Å². The molecule has 0 fully saturated rings. The Morgan fingerprint density at radius 1 is 1.26 bits per heavy atom. The molecule has 100 valence electrons. The molecule has 0 aliphatic rings. The summed E-state index contributed by atoms with van der Waals surface area (Å²) < 4.78 is 6.66. The molecule has 2 nitrogen and oxygen atoms in total. The van der Waals surface area contributed by atoms with Gasteiger partial charge in [0.15, 0.2) is 0 Å². The van der Waals surface area contributed by atoms with Crippen molar-refractivity contribution < 1.29 is 4.74 Å². The molecule has 0 bridgehead atoms. The molecular weight excluding hydrogens is 326 g/mol. The van der Waals surface area contributed by atoms with Crippen LogP contribution in [0.3, 0.4) is 0 Å². The summed E-state index contributed by atoms with van der Waals surface area (Å²) in [5, 5.41) is 0.668. The molecule has 0 aliphatic carbocycles. The van der Waals surface area contributed by atoms with Crippen LogP contribution in [-0.2, 0) is 0 Å². The predicted molar refractivity (Wildman–Crippen MR) is 82.9 cm³/mol. The highest BCUT2D eigenvalue weighted by atomic mass is 79.9. The van der Waals surface area contributed by atoms with Crippen LogP contribution < -0.4 is 10.5 Å². The molecule has 0 radical (unpaired) electrons. The van der Waals surface area contributed by atoms with Crippen molar-refractivity contribution in [3.63, 3.8) is 0 Å². The lowest BCUT2D eigenvalue weighted by Crippen LogP contribution is -2.08. The number of hydrogen-bond donors (Lipinski definition) is 1. The zero-order chi connectivity index (χ0) is 13.8. The molecule has 1 atom stereocenters. The number of hydrogen-bond acceptors (Lipinski definition) is 2. The number of rotatable bonds is 4. The average molecular weight is 341 g/mol. The zero-order valence-corrected chi connectivity index (χ0v) is 12.9. The second-order valence-electron chi connectivity index (χ2n) is 4.26. The zero-order valence-electron chi connectivity index (χ0n) is 10.6. The minimum atomic E-state index is 0.0391. The van der Waals surface area contributed by atoms with Gasteiger partial charge >= 0.3 is 0 Å².